The number of carbonyl (C=O) groups is 1. The number of nitrogens with one attached hydrogen (secondary N) is 1. The van der Waals surface area contributed by atoms with Crippen molar-refractivity contribution in [3.63, 3.8) is 0 Å². The molecule has 0 aliphatic heterocycles. The van der Waals surface area contributed by atoms with Gasteiger partial charge in [-0.2, -0.15) is 0 Å². The van der Waals surface area contributed by atoms with Crippen molar-refractivity contribution in [1.82, 2.24) is 0 Å². The highest BCUT2D eigenvalue weighted by Gasteiger charge is 2.11. The van der Waals surface area contributed by atoms with Crippen molar-refractivity contribution in [2.24, 2.45) is 0 Å². The van der Waals surface area contributed by atoms with Gasteiger partial charge in [-0.05, 0) is 47.0 Å². The molecular formula is C12H16BrNO3. The summed E-state index contributed by atoms with van der Waals surface area (Å²) in [6.45, 7) is 4.18. The quantitative estimate of drug-likeness (QED) is 0.780. The van der Waals surface area contributed by atoms with Crippen LogP contribution in [-0.2, 0) is 4.79 Å². The molecule has 3 N–H and O–H groups in total. The van der Waals surface area contributed by atoms with Gasteiger partial charge < -0.3 is 15.5 Å². The molecule has 0 aromatic heterocycles. The van der Waals surface area contributed by atoms with Crippen molar-refractivity contribution in [2.75, 3.05) is 11.9 Å². The Balaban J connectivity index is 2.66. The van der Waals surface area contributed by atoms with Crippen LogP contribution in [0.3, 0.4) is 0 Å². The van der Waals surface area contributed by atoms with Crippen LogP contribution in [0.15, 0.2) is 16.6 Å². The van der Waals surface area contributed by atoms with E-state index in [1.807, 2.05) is 26.0 Å². The summed E-state index contributed by atoms with van der Waals surface area (Å²) in [5.41, 5.74) is 3.09. The second-order valence-corrected chi connectivity index (χ2v) is 4.93. The lowest BCUT2D eigenvalue weighted by Crippen LogP contribution is -2.23. The topological polar surface area (TPSA) is 69.6 Å². The predicted molar refractivity (Wildman–Crippen MR) is 70.4 cm³/mol. The maximum absolute atomic E-state index is 10.4. The standard InChI is InChI=1S/C12H16BrNO3/c1-7-3-8(2)12(10(13)4-7)14-6-9(15)5-11(16)17/h3-4,9,14-15H,5-6H2,1-2H3,(H,16,17). The van der Waals surface area contributed by atoms with Crippen molar-refractivity contribution < 1.29 is 15.0 Å². The fraction of sp³-hybridized carbons (Fsp3) is 0.417. The van der Waals surface area contributed by atoms with Gasteiger partial charge in [-0.15, -0.1) is 0 Å². The summed E-state index contributed by atoms with van der Waals surface area (Å²) in [5.74, 6) is -1.00. The van der Waals surface area contributed by atoms with Gasteiger partial charge in [0, 0.05) is 11.0 Å². The minimum absolute atomic E-state index is 0.217. The third kappa shape index (κ3) is 4.36. The largest absolute Gasteiger partial charge is 0.481 e. The first-order valence-corrected chi connectivity index (χ1v) is 6.10. The lowest BCUT2D eigenvalue weighted by molar-refractivity contribution is -0.138. The maximum Gasteiger partial charge on any atom is 0.306 e. The van der Waals surface area contributed by atoms with E-state index in [1.165, 1.54) is 0 Å². The molecule has 1 aromatic carbocycles. The van der Waals surface area contributed by atoms with Gasteiger partial charge in [-0.3, -0.25) is 4.79 Å². The maximum atomic E-state index is 10.4. The third-order valence-corrected chi connectivity index (χ3v) is 2.98. The van der Waals surface area contributed by atoms with Crippen LogP contribution in [-0.4, -0.2) is 28.8 Å². The molecule has 17 heavy (non-hydrogen) atoms. The molecule has 0 heterocycles. The van der Waals surface area contributed by atoms with Gasteiger partial charge in [-0.1, -0.05) is 6.07 Å². The Bertz CT molecular complexity index is 397. The van der Waals surface area contributed by atoms with Crippen LogP contribution >= 0.6 is 15.9 Å². The van der Waals surface area contributed by atoms with E-state index < -0.39 is 12.1 Å². The molecule has 0 saturated carbocycles. The fourth-order valence-electron chi connectivity index (χ4n) is 1.63. The van der Waals surface area contributed by atoms with Crippen molar-refractivity contribution in [2.45, 2.75) is 26.4 Å². The Hall–Kier alpha value is -1.07. The van der Waals surface area contributed by atoms with Gasteiger partial charge in [0.1, 0.15) is 0 Å². The molecule has 0 amide bonds. The van der Waals surface area contributed by atoms with Crippen molar-refractivity contribution in [3.8, 4) is 0 Å². The molecule has 0 aliphatic carbocycles. The number of aliphatic hydroxyl groups excluding tert-OH is 1. The number of benzene rings is 1. The van der Waals surface area contributed by atoms with Crippen LogP contribution < -0.4 is 5.32 Å². The first-order valence-electron chi connectivity index (χ1n) is 5.30. The number of anilines is 1. The molecule has 1 atom stereocenters. The molecule has 5 heteroatoms. The van der Waals surface area contributed by atoms with Crippen molar-refractivity contribution in [3.05, 3.63) is 27.7 Å². The summed E-state index contributed by atoms with van der Waals surface area (Å²) in [6.07, 6.45) is -1.14. The highest BCUT2D eigenvalue weighted by atomic mass is 79.9. The average molecular weight is 302 g/mol. The molecule has 0 radical (unpaired) electrons. The number of aliphatic hydroxyl groups is 1. The molecule has 0 saturated heterocycles. The first kappa shape index (κ1) is 14.0. The van der Waals surface area contributed by atoms with Gasteiger partial charge in [-0.25, -0.2) is 0 Å². The second kappa shape index (κ2) is 6.02. The molecule has 4 nitrogen and oxygen atoms in total. The molecular weight excluding hydrogens is 286 g/mol. The number of aryl methyl sites for hydroxylation is 2. The molecule has 94 valence electrons. The molecule has 1 unspecified atom stereocenters. The van der Waals surface area contributed by atoms with Crippen molar-refractivity contribution >= 4 is 27.6 Å². The molecule has 1 rings (SSSR count). The number of halogens is 1. The van der Waals surface area contributed by atoms with E-state index in [9.17, 15) is 9.90 Å². The summed E-state index contributed by atoms with van der Waals surface area (Å²) >= 11 is 3.44. The monoisotopic (exact) mass is 301 g/mol. The zero-order valence-electron chi connectivity index (χ0n) is 9.83. The summed E-state index contributed by atoms with van der Waals surface area (Å²) in [5, 5.41) is 21.0. The predicted octanol–water partition coefficient (Wildman–Crippen LogP) is 2.31. The summed E-state index contributed by atoms with van der Waals surface area (Å²) in [4.78, 5) is 10.4. The van der Waals surface area contributed by atoms with Crippen LogP contribution in [0.4, 0.5) is 5.69 Å². The summed E-state index contributed by atoms with van der Waals surface area (Å²) in [6, 6.07) is 4.00. The van der Waals surface area contributed by atoms with Crippen LogP contribution in [0.5, 0.6) is 0 Å². The minimum atomic E-state index is -1.00. The Labute approximate surface area is 109 Å². The molecule has 1 aromatic rings. The first-order chi connectivity index (χ1) is 7.90. The van der Waals surface area contributed by atoms with E-state index in [-0.39, 0.29) is 13.0 Å². The van der Waals surface area contributed by atoms with Gasteiger partial charge in [0.15, 0.2) is 0 Å². The Kier molecular flexibility index (Phi) is 4.96. The van der Waals surface area contributed by atoms with E-state index in [0.29, 0.717) is 0 Å². The average Bonchev–Trinajstić information content (AvgIpc) is 2.14. The fourth-order valence-corrected chi connectivity index (χ4v) is 2.45. The van der Waals surface area contributed by atoms with E-state index in [2.05, 4.69) is 21.2 Å². The summed E-state index contributed by atoms with van der Waals surface area (Å²) < 4.78 is 0.914. The lowest BCUT2D eigenvalue weighted by Gasteiger charge is -2.15. The zero-order chi connectivity index (χ0) is 13.0. The normalized spacial score (nSPS) is 12.2. The van der Waals surface area contributed by atoms with Crippen molar-refractivity contribution in [1.29, 1.82) is 0 Å². The molecule has 0 aliphatic rings. The van der Waals surface area contributed by atoms with E-state index in [4.69, 9.17) is 5.11 Å². The number of hydrogen-bond acceptors (Lipinski definition) is 3. The Morgan fingerprint density at radius 2 is 2.12 bits per heavy atom. The lowest BCUT2D eigenvalue weighted by atomic mass is 10.1. The van der Waals surface area contributed by atoms with Crippen LogP contribution in [0.25, 0.3) is 0 Å². The number of rotatable bonds is 5. The zero-order valence-corrected chi connectivity index (χ0v) is 11.4. The number of carboxylic acid groups (broad SMARTS) is 1. The minimum Gasteiger partial charge on any atom is -0.481 e. The van der Waals surface area contributed by atoms with Crippen LogP contribution in [0, 0.1) is 13.8 Å². The second-order valence-electron chi connectivity index (χ2n) is 4.07. The SMILES string of the molecule is Cc1cc(C)c(NCC(O)CC(=O)O)c(Br)c1. The van der Waals surface area contributed by atoms with Crippen LogP contribution in [0.1, 0.15) is 17.5 Å². The van der Waals surface area contributed by atoms with Gasteiger partial charge in [0.05, 0.1) is 18.2 Å². The summed E-state index contributed by atoms with van der Waals surface area (Å²) in [7, 11) is 0. The molecule has 0 fully saturated rings. The third-order valence-electron chi connectivity index (χ3n) is 2.36. The highest BCUT2D eigenvalue weighted by molar-refractivity contribution is 9.10. The molecule has 0 spiro atoms. The van der Waals surface area contributed by atoms with E-state index >= 15 is 0 Å². The number of hydrogen-bond donors (Lipinski definition) is 3. The Morgan fingerprint density at radius 1 is 1.47 bits per heavy atom. The van der Waals surface area contributed by atoms with Gasteiger partial charge >= 0.3 is 5.97 Å². The number of carboxylic acids is 1. The molecule has 0 bridgehead atoms. The van der Waals surface area contributed by atoms with Crippen LogP contribution in [0.2, 0.25) is 0 Å². The number of aliphatic carboxylic acids is 1. The van der Waals surface area contributed by atoms with Gasteiger partial charge in [0.25, 0.3) is 0 Å². The smallest absolute Gasteiger partial charge is 0.306 e. The highest BCUT2D eigenvalue weighted by Crippen LogP contribution is 2.27. The Morgan fingerprint density at radius 3 is 2.65 bits per heavy atom. The van der Waals surface area contributed by atoms with E-state index in [0.717, 1.165) is 21.3 Å². The van der Waals surface area contributed by atoms with E-state index in [1.54, 1.807) is 0 Å². The van der Waals surface area contributed by atoms with Gasteiger partial charge in [0.2, 0.25) is 0 Å².